The Labute approximate surface area is 95.0 Å². The van der Waals surface area contributed by atoms with E-state index in [1.807, 2.05) is 44.2 Å². The van der Waals surface area contributed by atoms with Crippen LogP contribution in [-0.2, 0) is 0 Å². The summed E-state index contributed by atoms with van der Waals surface area (Å²) in [4.78, 5) is 16.1. The Hall–Kier alpha value is -1.96. The summed E-state index contributed by atoms with van der Waals surface area (Å²) in [5.41, 5.74) is 3.49. The summed E-state index contributed by atoms with van der Waals surface area (Å²) in [6.45, 7) is 3.92. The molecule has 0 aliphatic heterocycles. The third-order valence-corrected chi connectivity index (χ3v) is 2.60. The van der Waals surface area contributed by atoms with Gasteiger partial charge in [0.25, 0.3) is 0 Å². The molecular formula is C14H13NO. The van der Waals surface area contributed by atoms with Gasteiger partial charge in [-0.1, -0.05) is 29.8 Å². The molecule has 0 fully saturated rings. The zero-order valence-electron chi connectivity index (χ0n) is 9.40. The smallest absolute Gasteiger partial charge is 0.194 e. The van der Waals surface area contributed by atoms with Gasteiger partial charge in [0.2, 0.25) is 0 Å². The van der Waals surface area contributed by atoms with Gasteiger partial charge in [0.15, 0.2) is 5.78 Å². The molecule has 80 valence electrons. The van der Waals surface area contributed by atoms with Crippen LogP contribution in [0.15, 0.2) is 42.7 Å². The normalized spacial score (nSPS) is 10.1. The van der Waals surface area contributed by atoms with Crippen molar-refractivity contribution in [3.63, 3.8) is 0 Å². The first-order chi connectivity index (χ1) is 7.68. The van der Waals surface area contributed by atoms with Gasteiger partial charge in [0.05, 0.1) is 0 Å². The molecule has 0 spiro atoms. The number of hydrogen-bond acceptors (Lipinski definition) is 2. The molecule has 0 radical (unpaired) electrons. The molecule has 0 saturated carbocycles. The highest BCUT2D eigenvalue weighted by atomic mass is 16.1. The predicted molar refractivity (Wildman–Crippen MR) is 63.6 cm³/mol. The molecule has 0 amide bonds. The topological polar surface area (TPSA) is 30.0 Å². The number of rotatable bonds is 2. The minimum absolute atomic E-state index is 0.0330. The molecule has 0 aliphatic carbocycles. The largest absolute Gasteiger partial charge is 0.289 e. The summed E-state index contributed by atoms with van der Waals surface area (Å²) in [7, 11) is 0. The monoisotopic (exact) mass is 211 g/mol. The van der Waals surface area contributed by atoms with Gasteiger partial charge in [-0.3, -0.25) is 9.78 Å². The van der Waals surface area contributed by atoms with E-state index in [4.69, 9.17) is 0 Å². The van der Waals surface area contributed by atoms with E-state index < -0.39 is 0 Å². The maximum absolute atomic E-state index is 12.1. The lowest BCUT2D eigenvalue weighted by Crippen LogP contribution is -2.04. The molecule has 0 unspecified atom stereocenters. The molecule has 1 aromatic heterocycles. The van der Waals surface area contributed by atoms with Crippen molar-refractivity contribution in [2.75, 3.05) is 0 Å². The second-order valence-electron chi connectivity index (χ2n) is 3.89. The number of aryl methyl sites for hydroxylation is 2. The quantitative estimate of drug-likeness (QED) is 0.715. The van der Waals surface area contributed by atoms with Gasteiger partial charge in [-0.2, -0.15) is 0 Å². The predicted octanol–water partition coefficient (Wildman–Crippen LogP) is 2.93. The van der Waals surface area contributed by atoms with Crippen molar-refractivity contribution in [3.05, 3.63) is 65.0 Å². The number of carbonyl (C=O) groups is 1. The van der Waals surface area contributed by atoms with Gasteiger partial charge in [-0.25, -0.2) is 0 Å². The first-order valence-electron chi connectivity index (χ1n) is 5.20. The van der Waals surface area contributed by atoms with Crippen LogP contribution in [0.1, 0.15) is 27.0 Å². The highest BCUT2D eigenvalue weighted by molar-refractivity contribution is 6.09. The van der Waals surface area contributed by atoms with Crippen LogP contribution in [0.2, 0.25) is 0 Å². The molecule has 2 nitrogen and oxygen atoms in total. The molecule has 0 aliphatic rings. The Morgan fingerprint density at radius 2 is 1.75 bits per heavy atom. The van der Waals surface area contributed by atoms with Crippen molar-refractivity contribution < 1.29 is 4.79 Å². The number of aromatic nitrogens is 1. The van der Waals surface area contributed by atoms with E-state index in [9.17, 15) is 4.79 Å². The molecule has 0 atom stereocenters. The highest BCUT2D eigenvalue weighted by Crippen LogP contribution is 2.13. The fraction of sp³-hybridized carbons (Fsp3) is 0.143. The van der Waals surface area contributed by atoms with E-state index in [0.29, 0.717) is 11.1 Å². The van der Waals surface area contributed by atoms with Crippen LogP contribution < -0.4 is 0 Å². The number of benzene rings is 1. The van der Waals surface area contributed by atoms with Gasteiger partial charge < -0.3 is 0 Å². The Bertz CT molecular complexity index is 515. The fourth-order valence-electron chi connectivity index (χ4n) is 1.56. The summed E-state index contributed by atoms with van der Waals surface area (Å²) in [6.07, 6.45) is 3.32. The van der Waals surface area contributed by atoms with Crippen LogP contribution in [-0.4, -0.2) is 10.8 Å². The number of carbonyl (C=O) groups excluding carboxylic acids is 1. The molecule has 1 aromatic carbocycles. The Balaban J connectivity index is 2.40. The number of hydrogen-bond donors (Lipinski definition) is 0. The van der Waals surface area contributed by atoms with Crippen molar-refractivity contribution in [3.8, 4) is 0 Å². The maximum Gasteiger partial charge on any atom is 0.194 e. The highest BCUT2D eigenvalue weighted by Gasteiger charge is 2.10. The minimum atomic E-state index is 0.0330. The van der Waals surface area contributed by atoms with E-state index in [0.717, 1.165) is 11.1 Å². The molecule has 0 bridgehead atoms. The van der Waals surface area contributed by atoms with Gasteiger partial charge in [0, 0.05) is 23.5 Å². The molecule has 2 rings (SSSR count). The minimum Gasteiger partial charge on any atom is -0.289 e. The second kappa shape index (κ2) is 4.27. The number of nitrogens with zero attached hydrogens (tertiary/aromatic N) is 1. The molecule has 2 aromatic rings. The van der Waals surface area contributed by atoms with Gasteiger partial charge in [0.1, 0.15) is 0 Å². The molecule has 2 heteroatoms. The summed E-state index contributed by atoms with van der Waals surface area (Å²) in [5.74, 6) is 0.0330. The first kappa shape index (κ1) is 10.6. The maximum atomic E-state index is 12.1. The van der Waals surface area contributed by atoms with Crippen LogP contribution in [0.3, 0.4) is 0 Å². The van der Waals surface area contributed by atoms with Crippen molar-refractivity contribution in [2.24, 2.45) is 0 Å². The lowest BCUT2D eigenvalue weighted by molar-refractivity contribution is 0.103. The van der Waals surface area contributed by atoms with Crippen LogP contribution in [0.4, 0.5) is 0 Å². The average molecular weight is 211 g/mol. The Morgan fingerprint density at radius 3 is 2.38 bits per heavy atom. The van der Waals surface area contributed by atoms with Gasteiger partial charge >= 0.3 is 0 Å². The van der Waals surface area contributed by atoms with Crippen molar-refractivity contribution >= 4 is 5.78 Å². The lowest BCUT2D eigenvalue weighted by atomic mass is 10.0. The molecule has 16 heavy (non-hydrogen) atoms. The molecule has 1 heterocycles. The second-order valence-corrected chi connectivity index (χ2v) is 3.89. The van der Waals surface area contributed by atoms with E-state index in [1.54, 1.807) is 12.4 Å². The Morgan fingerprint density at radius 1 is 1.06 bits per heavy atom. The van der Waals surface area contributed by atoms with Crippen LogP contribution in [0, 0.1) is 13.8 Å². The molecule has 0 N–H and O–H groups in total. The van der Waals surface area contributed by atoms with Crippen molar-refractivity contribution in [2.45, 2.75) is 13.8 Å². The number of pyridine rings is 1. The van der Waals surface area contributed by atoms with Gasteiger partial charge in [-0.15, -0.1) is 0 Å². The van der Waals surface area contributed by atoms with Crippen molar-refractivity contribution in [1.29, 1.82) is 0 Å². The van der Waals surface area contributed by atoms with Crippen LogP contribution >= 0.6 is 0 Å². The zero-order valence-corrected chi connectivity index (χ0v) is 9.40. The van der Waals surface area contributed by atoms with Gasteiger partial charge in [-0.05, 0) is 25.5 Å². The number of ketones is 1. The first-order valence-corrected chi connectivity index (χ1v) is 5.20. The van der Waals surface area contributed by atoms with Crippen molar-refractivity contribution in [1.82, 2.24) is 4.98 Å². The zero-order chi connectivity index (χ0) is 11.5. The summed E-state index contributed by atoms with van der Waals surface area (Å²) in [5, 5.41) is 0. The summed E-state index contributed by atoms with van der Waals surface area (Å²) >= 11 is 0. The third-order valence-electron chi connectivity index (χ3n) is 2.60. The lowest BCUT2D eigenvalue weighted by Gasteiger charge is -2.04. The average Bonchev–Trinajstić information content (AvgIpc) is 2.30. The van der Waals surface area contributed by atoms with E-state index in [-0.39, 0.29) is 5.78 Å². The molecule has 0 saturated heterocycles. The standard InChI is InChI=1S/C14H13NO/c1-10-3-5-12(6-4-10)14(16)13-9-15-8-7-11(13)2/h3-9H,1-2H3. The Kier molecular flexibility index (Phi) is 2.82. The summed E-state index contributed by atoms with van der Waals surface area (Å²) < 4.78 is 0. The third kappa shape index (κ3) is 2.01. The van der Waals surface area contributed by atoms with Crippen LogP contribution in [0.5, 0.6) is 0 Å². The van der Waals surface area contributed by atoms with Crippen LogP contribution in [0.25, 0.3) is 0 Å². The summed E-state index contributed by atoms with van der Waals surface area (Å²) in [6, 6.07) is 9.44. The van der Waals surface area contributed by atoms with E-state index >= 15 is 0 Å². The SMILES string of the molecule is Cc1ccc(C(=O)c2cnccc2C)cc1. The fourth-order valence-corrected chi connectivity index (χ4v) is 1.56. The van der Waals surface area contributed by atoms with E-state index in [2.05, 4.69) is 4.98 Å². The van der Waals surface area contributed by atoms with E-state index in [1.165, 1.54) is 0 Å². The molecular weight excluding hydrogens is 198 g/mol.